The molecular formula is C26H28N4O2S. The van der Waals surface area contributed by atoms with Crippen LogP contribution < -0.4 is 4.74 Å². The van der Waals surface area contributed by atoms with Crippen LogP contribution in [0.1, 0.15) is 45.8 Å². The highest BCUT2D eigenvalue weighted by Gasteiger charge is 2.28. The highest BCUT2D eigenvalue weighted by Crippen LogP contribution is 2.30. The monoisotopic (exact) mass is 460 g/mol. The first-order valence-corrected chi connectivity index (χ1v) is 12.3. The number of amides is 1. The van der Waals surface area contributed by atoms with Gasteiger partial charge in [-0.15, -0.1) is 11.3 Å². The lowest BCUT2D eigenvalue weighted by Crippen LogP contribution is -2.39. The molecule has 0 radical (unpaired) electrons. The fraction of sp³-hybridized carbons (Fsp3) is 0.346. The van der Waals surface area contributed by atoms with E-state index >= 15 is 0 Å². The summed E-state index contributed by atoms with van der Waals surface area (Å²) in [6.07, 6.45) is 3.54. The summed E-state index contributed by atoms with van der Waals surface area (Å²) in [6.45, 7) is 3.40. The van der Waals surface area contributed by atoms with Gasteiger partial charge in [0.15, 0.2) is 0 Å². The Bertz CT molecular complexity index is 1270. The van der Waals surface area contributed by atoms with Crippen molar-refractivity contribution in [3.63, 3.8) is 0 Å². The first-order chi connectivity index (χ1) is 16.1. The Balaban J connectivity index is 1.36. The first-order valence-electron chi connectivity index (χ1n) is 11.4. The molecule has 170 valence electrons. The van der Waals surface area contributed by atoms with Gasteiger partial charge in [0.2, 0.25) is 0 Å². The second-order valence-corrected chi connectivity index (χ2v) is 9.54. The van der Waals surface area contributed by atoms with Crippen molar-refractivity contribution >= 4 is 28.3 Å². The van der Waals surface area contributed by atoms with Crippen LogP contribution in [0.15, 0.2) is 53.9 Å². The summed E-state index contributed by atoms with van der Waals surface area (Å²) in [6, 6.07) is 16.9. The molecule has 3 heterocycles. The average molecular weight is 461 g/mol. The van der Waals surface area contributed by atoms with Gasteiger partial charge in [0, 0.05) is 30.9 Å². The number of para-hydroxylation sites is 3. The number of hydrogen-bond donors (Lipinski definition) is 0. The van der Waals surface area contributed by atoms with Crippen LogP contribution in [0.4, 0.5) is 0 Å². The lowest BCUT2D eigenvalue weighted by molar-refractivity contribution is 0.0690. The van der Waals surface area contributed by atoms with E-state index in [4.69, 9.17) is 9.72 Å². The van der Waals surface area contributed by atoms with Crippen LogP contribution in [0.2, 0.25) is 0 Å². The molecule has 2 aromatic heterocycles. The van der Waals surface area contributed by atoms with Gasteiger partial charge in [-0.1, -0.05) is 30.3 Å². The number of aromatic nitrogens is 3. The van der Waals surface area contributed by atoms with Crippen LogP contribution in [0, 0.1) is 6.92 Å². The molecule has 33 heavy (non-hydrogen) atoms. The minimum Gasteiger partial charge on any atom is -0.496 e. The Hall–Kier alpha value is -3.19. The van der Waals surface area contributed by atoms with Crippen molar-refractivity contribution in [3.05, 3.63) is 76.0 Å². The number of imidazole rings is 1. The Morgan fingerprint density at radius 3 is 2.58 bits per heavy atom. The quantitative estimate of drug-likeness (QED) is 0.403. The van der Waals surface area contributed by atoms with E-state index < -0.39 is 0 Å². The average Bonchev–Trinajstić information content (AvgIpc) is 3.46. The molecule has 0 unspecified atom stereocenters. The van der Waals surface area contributed by atoms with Gasteiger partial charge in [-0.05, 0) is 49.9 Å². The second kappa shape index (κ2) is 9.35. The third-order valence-electron chi connectivity index (χ3n) is 6.43. The second-order valence-electron chi connectivity index (χ2n) is 8.47. The molecule has 7 heteroatoms. The summed E-state index contributed by atoms with van der Waals surface area (Å²) in [4.78, 5) is 24.2. The van der Waals surface area contributed by atoms with E-state index in [-0.39, 0.29) is 5.91 Å². The number of rotatable bonds is 6. The maximum absolute atomic E-state index is 12.8. The molecule has 0 spiro atoms. The zero-order valence-electron chi connectivity index (χ0n) is 19.0. The molecule has 5 rings (SSSR count). The minimum atomic E-state index is 0.0460. The molecule has 6 nitrogen and oxygen atoms in total. The Kier molecular flexibility index (Phi) is 6.13. The van der Waals surface area contributed by atoms with Crippen molar-refractivity contribution in [1.29, 1.82) is 0 Å². The summed E-state index contributed by atoms with van der Waals surface area (Å²) in [5.41, 5.74) is 3.97. The van der Waals surface area contributed by atoms with E-state index in [9.17, 15) is 4.79 Å². The molecule has 1 saturated heterocycles. The predicted octanol–water partition coefficient (Wildman–Crippen LogP) is 5.07. The number of fused-ring (bicyclic) bond motifs is 1. The molecule has 1 aliphatic heterocycles. The van der Waals surface area contributed by atoms with E-state index in [1.54, 1.807) is 7.11 Å². The van der Waals surface area contributed by atoms with Crippen molar-refractivity contribution in [2.45, 2.75) is 38.6 Å². The van der Waals surface area contributed by atoms with E-state index in [1.165, 1.54) is 22.4 Å². The van der Waals surface area contributed by atoms with Gasteiger partial charge in [0.05, 0.1) is 23.2 Å². The number of benzene rings is 2. The predicted molar refractivity (Wildman–Crippen MR) is 131 cm³/mol. The number of nitrogens with zero attached hydrogens (tertiary/aromatic N) is 4. The normalized spacial score (nSPS) is 14.7. The van der Waals surface area contributed by atoms with Crippen LogP contribution in [0.5, 0.6) is 5.75 Å². The maximum Gasteiger partial charge on any atom is 0.273 e. The number of ether oxygens (including phenoxy) is 1. The highest BCUT2D eigenvalue weighted by atomic mass is 32.1. The molecule has 0 bridgehead atoms. The van der Waals surface area contributed by atoms with Gasteiger partial charge in [-0.2, -0.15) is 0 Å². The topological polar surface area (TPSA) is 60.2 Å². The Morgan fingerprint density at radius 2 is 1.82 bits per heavy atom. The van der Waals surface area contributed by atoms with Crippen LogP contribution in [0.3, 0.4) is 0 Å². The van der Waals surface area contributed by atoms with Gasteiger partial charge in [0.1, 0.15) is 17.3 Å². The standard InChI is InChI=1S/C26H28N4O2S/c1-18-27-22(17-33-18)26(31)29-15-13-20(14-16-29)30-23-9-5-4-8-21(23)28-25(30)12-11-19-7-3-6-10-24(19)32-2/h3-10,17,20H,11-16H2,1-2H3. The first kappa shape index (κ1) is 21.6. The van der Waals surface area contributed by atoms with Crippen LogP contribution in [0.25, 0.3) is 11.0 Å². The molecule has 1 aliphatic rings. The maximum atomic E-state index is 12.8. The van der Waals surface area contributed by atoms with E-state index in [0.29, 0.717) is 11.7 Å². The Morgan fingerprint density at radius 1 is 1.06 bits per heavy atom. The highest BCUT2D eigenvalue weighted by molar-refractivity contribution is 7.09. The molecule has 0 atom stereocenters. The summed E-state index contributed by atoms with van der Waals surface area (Å²) >= 11 is 1.52. The molecule has 1 amide bonds. The summed E-state index contributed by atoms with van der Waals surface area (Å²) in [5, 5.41) is 2.79. The molecule has 1 fully saturated rings. The number of aryl methyl sites for hydroxylation is 3. The summed E-state index contributed by atoms with van der Waals surface area (Å²) < 4.78 is 7.96. The van der Waals surface area contributed by atoms with Gasteiger partial charge in [0.25, 0.3) is 5.91 Å². The number of carbonyl (C=O) groups excluding carboxylic acids is 1. The lowest BCUT2D eigenvalue weighted by Gasteiger charge is -2.33. The minimum absolute atomic E-state index is 0.0460. The fourth-order valence-electron chi connectivity index (χ4n) is 4.78. The lowest BCUT2D eigenvalue weighted by atomic mass is 10.0. The van der Waals surface area contributed by atoms with Crippen LogP contribution >= 0.6 is 11.3 Å². The van der Waals surface area contributed by atoms with Crippen molar-refractivity contribution in [3.8, 4) is 5.75 Å². The number of piperidine rings is 1. The third-order valence-corrected chi connectivity index (χ3v) is 7.21. The van der Waals surface area contributed by atoms with E-state index in [2.05, 4.69) is 39.9 Å². The number of thiazole rings is 1. The smallest absolute Gasteiger partial charge is 0.273 e. The molecular weight excluding hydrogens is 432 g/mol. The molecule has 2 aromatic carbocycles. The zero-order chi connectivity index (χ0) is 22.8. The van der Waals surface area contributed by atoms with Gasteiger partial charge >= 0.3 is 0 Å². The van der Waals surface area contributed by atoms with Crippen LogP contribution in [-0.2, 0) is 12.8 Å². The van der Waals surface area contributed by atoms with Gasteiger partial charge in [-0.25, -0.2) is 9.97 Å². The van der Waals surface area contributed by atoms with E-state index in [1.807, 2.05) is 35.4 Å². The van der Waals surface area contributed by atoms with Crippen molar-refractivity contribution < 1.29 is 9.53 Å². The summed E-state index contributed by atoms with van der Waals surface area (Å²) in [5.74, 6) is 2.07. The fourth-order valence-corrected chi connectivity index (χ4v) is 5.37. The number of hydrogen-bond acceptors (Lipinski definition) is 5. The molecule has 0 aliphatic carbocycles. The zero-order valence-corrected chi connectivity index (χ0v) is 19.8. The van der Waals surface area contributed by atoms with Gasteiger partial charge < -0.3 is 14.2 Å². The van der Waals surface area contributed by atoms with Crippen LogP contribution in [-0.4, -0.2) is 45.5 Å². The molecule has 0 N–H and O–H groups in total. The van der Waals surface area contributed by atoms with E-state index in [0.717, 1.165) is 60.9 Å². The third kappa shape index (κ3) is 4.37. The van der Waals surface area contributed by atoms with Crippen molar-refractivity contribution in [1.82, 2.24) is 19.4 Å². The Labute approximate surface area is 197 Å². The molecule has 4 aromatic rings. The summed E-state index contributed by atoms with van der Waals surface area (Å²) in [7, 11) is 1.72. The number of methoxy groups -OCH3 is 1. The van der Waals surface area contributed by atoms with Gasteiger partial charge in [-0.3, -0.25) is 4.79 Å². The molecule has 0 saturated carbocycles. The largest absolute Gasteiger partial charge is 0.496 e. The SMILES string of the molecule is COc1ccccc1CCc1nc2ccccc2n1C1CCN(C(=O)c2csc(C)n2)CC1. The van der Waals surface area contributed by atoms with Crippen molar-refractivity contribution in [2.75, 3.05) is 20.2 Å². The van der Waals surface area contributed by atoms with Crippen molar-refractivity contribution in [2.24, 2.45) is 0 Å². The number of likely N-dealkylation sites (tertiary alicyclic amines) is 1. The number of carbonyl (C=O) groups is 1.